The summed E-state index contributed by atoms with van der Waals surface area (Å²) in [5, 5.41) is 14.7. The summed E-state index contributed by atoms with van der Waals surface area (Å²) in [6.07, 6.45) is 1.74. The Balaban J connectivity index is 1.91. The first-order valence-corrected chi connectivity index (χ1v) is 6.35. The van der Waals surface area contributed by atoms with Crippen LogP contribution in [0.25, 0.3) is 27.8 Å². The van der Waals surface area contributed by atoms with E-state index in [1.54, 1.807) is 10.7 Å². The molecule has 0 fully saturated rings. The number of hydrogen-bond donors (Lipinski definition) is 0. The van der Waals surface area contributed by atoms with Crippen LogP contribution in [0.15, 0.2) is 48.7 Å². The molecule has 0 amide bonds. The van der Waals surface area contributed by atoms with Gasteiger partial charge in [0, 0.05) is 5.56 Å². The van der Waals surface area contributed by atoms with Gasteiger partial charge in [-0.1, -0.05) is 36.4 Å². The van der Waals surface area contributed by atoms with Gasteiger partial charge in [0.15, 0.2) is 5.82 Å². The summed E-state index contributed by atoms with van der Waals surface area (Å²) in [6, 6.07) is 14.5. The molecule has 0 radical (unpaired) electrons. The van der Waals surface area contributed by atoms with Gasteiger partial charge in [0.05, 0.1) is 11.9 Å². The molecule has 4 rings (SSSR count). The number of aryl methyl sites for hydroxylation is 1. The van der Waals surface area contributed by atoms with Gasteiger partial charge in [-0.15, -0.1) is 10.2 Å². The quantitative estimate of drug-likeness (QED) is 0.528. The summed E-state index contributed by atoms with van der Waals surface area (Å²) in [4.78, 5) is 4.50. The normalized spacial score (nSPS) is 11.2. The van der Waals surface area contributed by atoms with Crippen LogP contribution < -0.4 is 0 Å². The van der Waals surface area contributed by atoms with E-state index < -0.39 is 0 Å². The van der Waals surface area contributed by atoms with Crippen LogP contribution in [0.1, 0.15) is 5.82 Å². The standard InChI is InChI=1S/C15H11N5/c1-10-18-19-15-17-14(9-16-20(10)15)13-7-6-11-4-2-3-5-12(11)8-13/h2-9H,1H3. The van der Waals surface area contributed by atoms with Gasteiger partial charge in [-0.25, -0.2) is 4.98 Å². The molecule has 2 aromatic carbocycles. The predicted octanol–water partition coefficient (Wildman–Crippen LogP) is 2.65. The molecule has 0 saturated heterocycles. The Kier molecular flexibility index (Phi) is 2.26. The maximum Gasteiger partial charge on any atom is 0.272 e. The van der Waals surface area contributed by atoms with Gasteiger partial charge < -0.3 is 0 Å². The van der Waals surface area contributed by atoms with Crippen LogP contribution >= 0.6 is 0 Å². The second kappa shape index (κ2) is 4.09. The van der Waals surface area contributed by atoms with Crippen molar-refractivity contribution in [2.45, 2.75) is 6.92 Å². The average molecular weight is 261 g/mol. The van der Waals surface area contributed by atoms with Gasteiger partial charge in [0.25, 0.3) is 5.78 Å². The molecule has 4 aromatic rings. The minimum absolute atomic E-state index is 0.521. The fraction of sp³-hybridized carbons (Fsp3) is 0.0667. The lowest BCUT2D eigenvalue weighted by Gasteiger charge is -2.03. The van der Waals surface area contributed by atoms with Crippen LogP contribution in [0.2, 0.25) is 0 Å². The van der Waals surface area contributed by atoms with E-state index in [-0.39, 0.29) is 0 Å². The third-order valence-electron chi connectivity index (χ3n) is 3.34. The Morgan fingerprint density at radius 1 is 0.950 bits per heavy atom. The summed E-state index contributed by atoms with van der Waals surface area (Å²) in [7, 11) is 0. The Hall–Kier alpha value is -2.82. The first-order valence-electron chi connectivity index (χ1n) is 6.35. The van der Waals surface area contributed by atoms with Crippen molar-refractivity contribution in [1.29, 1.82) is 0 Å². The van der Waals surface area contributed by atoms with Crippen LogP contribution in [-0.2, 0) is 0 Å². The molecule has 0 aliphatic carbocycles. The Morgan fingerprint density at radius 3 is 2.70 bits per heavy atom. The lowest BCUT2D eigenvalue weighted by atomic mass is 10.1. The number of rotatable bonds is 1. The second-order valence-electron chi connectivity index (χ2n) is 4.66. The number of nitrogens with zero attached hydrogens (tertiary/aromatic N) is 5. The van der Waals surface area contributed by atoms with Crippen molar-refractivity contribution in [3.05, 3.63) is 54.5 Å². The Bertz CT molecular complexity index is 926. The van der Waals surface area contributed by atoms with Crippen molar-refractivity contribution in [3.8, 4) is 11.3 Å². The SMILES string of the molecule is Cc1nnc2nc(-c3ccc4ccccc4c3)cnn12. The summed E-state index contributed by atoms with van der Waals surface area (Å²) in [6.45, 7) is 1.85. The van der Waals surface area contributed by atoms with Gasteiger partial charge in [0.1, 0.15) is 0 Å². The summed E-state index contributed by atoms with van der Waals surface area (Å²) < 4.78 is 1.63. The minimum atomic E-state index is 0.521. The zero-order valence-electron chi connectivity index (χ0n) is 10.9. The third kappa shape index (κ3) is 1.64. The smallest absolute Gasteiger partial charge is 0.208 e. The van der Waals surface area contributed by atoms with E-state index in [1.807, 2.05) is 25.1 Å². The molecule has 5 heteroatoms. The number of aromatic nitrogens is 5. The Labute approximate surface area is 114 Å². The van der Waals surface area contributed by atoms with Gasteiger partial charge >= 0.3 is 0 Å². The van der Waals surface area contributed by atoms with Gasteiger partial charge in [0.2, 0.25) is 0 Å². The number of fused-ring (bicyclic) bond motifs is 2. The number of hydrogen-bond acceptors (Lipinski definition) is 4. The van der Waals surface area contributed by atoms with E-state index >= 15 is 0 Å². The van der Waals surface area contributed by atoms with E-state index in [0.29, 0.717) is 5.78 Å². The molecule has 0 aliphatic rings. The van der Waals surface area contributed by atoms with Crippen LogP contribution in [0.5, 0.6) is 0 Å². The van der Waals surface area contributed by atoms with Crippen molar-refractivity contribution in [2.75, 3.05) is 0 Å². The highest BCUT2D eigenvalue weighted by Crippen LogP contribution is 2.22. The third-order valence-corrected chi connectivity index (χ3v) is 3.34. The summed E-state index contributed by atoms with van der Waals surface area (Å²) >= 11 is 0. The molecule has 5 nitrogen and oxygen atoms in total. The highest BCUT2D eigenvalue weighted by Gasteiger charge is 2.07. The fourth-order valence-electron chi connectivity index (χ4n) is 2.29. The van der Waals surface area contributed by atoms with Crippen LogP contribution in [0, 0.1) is 6.92 Å². The van der Waals surface area contributed by atoms with Crippen molar-refractivity contribution in [1.82, 2.24) is 24.8 Å². The largest absolute Gasteiger partial charge is 0.272 e. The molecule has 0 bridgehead atoms. The average Bonchev–Trinajstić information content (AvgIpc) is 2.88. The first-order chi connectivity index (χ1) is 9.81. The molecule has 2 aromatic heterocycles. The van der Waals surface area contributed by atoms with E-state index in [9.17, 15) is 0 Å². The molecule has 0 spiro atoms. The monoisotopic (exact) mass is 261 g/mol. The van der Waals surface area contributed by atoms with Crippen molar-refractivity contribution < 1.29 is 0 Å². The molecular formula is C15H11N5. The van der Waals surface area contributed by atoms with Crippen LogP contribution in [-0.4, -0.2) is 24.8 Å². The van der Waals surface area contributed by atoms with E-state index in [1.165, 1.54) is 10.8 Å². The van der Waals surface area contributed by atoms with Crippen molar-refractivity contribution in [2.24, 2.45) is 0 Å². The van der Waals surface area contributed by atoms with Gasteiger partial charge in [-0.3, -0.25) is 0 Å². The van der Waals surface area contributed by atoms with Crippen molar-refractivity contribution >= 4 is 16.6 Å². The molecule has 96 valence electrons. The molecular weight excluding hydrogens is 250 g/mol. The van der Waals surface area contributed by atoms with Crippen LogP contribution in [0.4, 0.5) is 0 Å². The van der Waals surface area contributed by atoms with Gasteiger partial charge in [-0.2, -0.15) is 9.61 Å². The summed E-state index contributed by atoms with van der Waals surface area (Å²) in [5.74, 6) is 1.26. The zero-order valence-corrected chi connectivity index (χ0v) is 10.9. The zero-order chi connectivity index (χ0) is 13.5. The van der Waals surface area contributed by atoms with Crippen LogP contribution in [0.3, 0.4) is 0 Å². The molecule has 0 aliphatic heterocycles. The lowest BCUT2D eigenvalue weighted by Crippen LogP contribution is -1.97. The summed E-state index contributed by atoms with van der Waals surface area (Å²) in [5.41, 5.74) is 1.83. The minimum Gasteiger partial charge on any atom is -0.208 e. The predicted molar refractivity (Wildman–Crippen MR) is 76.3 cm³/mol. The fourth-order valence-corrected chi connectivity index (χ4v) is 2.29. The highest BCUT2D eigenvalue weighted by atomic mass is 15.4. The maximum absolute atomic E-state index is 4.50. The van der Waals surface area contributed by atoms with E-state index in [4.69, 9.17) is 0 Å². The van der Waals surface area contributed by atoms with Crippen molar-refractivity contribution in [3.63, 3.8) is 0 Å². The molecule has 20 heavy (non-hydrogen) atoms. The maximum atomic E-state index is 4.50. The molecule has 0 unspecified atom stereocenters. The van der Waals surface area contributed by atoms with E-state index in [0.717, 1.165) is 17.1 Å². The highest BCUT2D eigenvalue weighted by molar-refractivity contribution is 5.86. The first kappa shape index (κ1) is 11.0. The molecule has 0 atom stereocenters. The topological polar surface area (TPSA) is 56.0 Å². The van der Waals surface area contributed by atoms with Gasteiger partial charge in [-0.05, 0) is 23.8 Å². The van der Waals surface area contributed by atoms with E-state index in [2.05, 4.69) is 44.5 Å². The molecule has 0 saturated carbocycles. The molecule has 2 heterocycles. The second-order valence-corrected chi connectivity index (χ2v) is 4.66. The number of benzene rings is 2. The Morgan fingerprint density at radius 2 is 1.80 bits per heavy atom. The molecule has 0 N–H and O–H groups in total. The lowest BCUT2D eigenvalue weighted by molar-refractivity contribution is 0.859.